The van der Waals surface area contributed by atoms with Gasteiger partial charge in [0, 0.05) is 18.1 Å². The van der Waals surface area contributed by atoms with E-state index in [1.54, 1.807) is 67.0 Å². The molecule has 2 aromatic carbocycles. The van der Waals surface area contributed by atoms with Crippen molar-refractivity contribution >= 4 is 23.1 Å². The smallest absolute Gasteiger partial charge is 0.300 e. The normalized spacial score (nSPS) is 17.0. The van der Waals surface area contributed by atoms with Gasteiger partial charge < -0.3 is 19.3 Å². The Kier molecular flexibility index (Phi) is 6.49. The van der Waals surface area contributed by atoms with Gasteiger partial charge >= 0.3 is 0 Å². The van der Waals surface area contributed by atoms with Gasteiger partial charge in [0.05, 0.1) is 38.0 Å². The largest absolute Gasteiger partial charge is 0.507 e. The highest BCUT2D eigenvalue weighted by Gasteiger charge is 2.47. The third-order valence-corrected chi connectivity index (χ3v) is 5.53. The van der Waals surface area contributed by atoms with E-state index in [1.807, 2.05) is 6.92 Å². The second-order valence-electron chi connectivity index (χ2n) is 7.45. The Labute approximate surface area is 197 Å². The Morgan fingerprint density at radius 1 is 1.03 bits per heavy atom. The first-order valence-electron chi connectivity index (χ1n) is 10.7. The fourth-order valence-electron chi connectivity index (χ4n) is 3.97. The standard InChI is InChI=1S/C26H24N2O6/c1-4-34-18-9-7-17(8-10-18)28-23(16-6-5-13-27-15-16)22(25(30)26(28)31)24(29)20-14-19(32-2)11-12-21(20)33-3/h5-15,23,29H,4H2,1-3H3/b24-22+. The van der Waals surface area contributed by atoms with Crippen molar-refractivity contribution in [2.75, 3.05) is 25.7 Å². The van der Waals surface area contributed by atoms with Crippen LogP contribution in [0.3, 0.4) is 0 Å². The molecule has 8 heteroatoms. The van der Waals surface area contributed by atoms with E-state index in [1.165, 1.54) is 19.1 Å². The number of nitrogens with zero attached hydrogens (tertiary/aromatic N) is 2. The predicted molar refractivity (Wildman–Crippen MR) is 126 cm³/mol. The summed E-state index contributed by atoms with van der Waals surface area (Å²) in [7, 11) is 2.95. The number of methoxy groups -OCH3 is 2. The Bertz CT molecular complexity index is 1240. The number of aromatic nitrogens is 1. The maximum atomic E-state index is 13.3. The van der Waals surface area contributed by atoms with Crippen LogP contribution in [0.5, 0.6) is 17.2 Å². The fourth-order valence-corrected chi connectivity index (χ4v) is 3.97. The van der Waals surface area contributed by atoms with Gasteiger partial charge in [0.2, 0.25) is 0 Å². The monoisotopic (exact) mass is 460 g/mol. The summed E-state index contributed by atoms with van der Waals surface area (Å²) in [5, 5.41) is 11.4. The van der Waals surface area contributed by atoms with Crippen molar-refractivity contribution in [3.63, 3.8) is 0 Å². The molecule has 0 aliphatic carbocycles. The summed E-state index contributed by atoms with van der Waals surface area (Å²) >= 11 is 0. The van der Waals surface area contributed by atoms with E-state index >= 15 is 0 Å². The molecule has 34 heavy (non-hydrogen) atoms. The number of carbonyl (C=O) groups is 2. The molecule has 0 spiro atoms. The average molecular weight is 460 g/mol. The first-order valence-corrected chi connectivity index (χ1v) is 10.7. The highest BCUT2D eigenvalue weighted by molar-refractivity contribution is 6.51. The number of aliphatic hydroxyl groups excluding tert-OH is 1. The number of benzene rings is 2. The van der Waals surface area contributed by atoms with Crippen molar-refractivity contribution in [2.24, 2.45) is 0 Å². The van der Waals surface area contributed by atoms with Crippen molar-refractivity contribution in [2.45, 2.75) is 13.0 Å². The van der Waals surface area contributed by atoms with Crippen molar-refractivity contribution in [3.8, 4) is 17.2 Å². The molecule has 1 unspecified atom stereocenters. The van der Waals surface area contributed by atoms with Gasteiger partial charge in [0.1, 0.15) is 23.0 Å². The lowest BCUT2D eigenvalue weighted by molar-refractivity contribution is -0.132. The Morgan fingerprint density at radius 3 is 2.38 bits per heavy atom. The summed E-state index contributed by atoms with van der Waals surface area (Å²) in [4.78, 5) is 32.0. The van der Waals surface area contributed by atoms with Crippen LogP contribution in [0.25, 0.3) is 5.76 Å². The van der Waals surface area contributed by atoms with Gasteiger partial charge in [-0.05, 0) is 61.0 Å². The number of hydrogen-bond acceptors (Lipinski definition) is 7. The number of aliphatic hydroxyl groups is 1. The summed E-state index contributed by atoms with van der Waals surface area (Å²) in [6.07, 6.45) is 3.16. The third-order valence-electron chi connectivity index (χ3n) is 5.53. The van der Waals surface area contributed by atoms with E-state index in [-0.39, 0.29) is 16.9 Å². The van der Waals surface area contributed by atoms with Crippen LogP contribution in [0.4, 0.5) is 5.69 Å². The zero-order chi connectivity index (χ0) is 24.2. The first-order chi connectivity index (χ1) is 16.5. The van der Waals surface area contributed by atoms with Crippen LogP contribution < -0.4 is 19.1 Å². The molecule has 2 heterocycles. The lowest BCUT2D eigenvalue weighted by atomic mass is 9.95. The van der Waals surface area contributed by atoms with Gasteiger partial charge in [-0.1, -0.05) is 6.07 Å². The molecule has 1 atom stereocenters. The van der Waals surface area contributed by atoms with Crippen LogP contribution >= 0.6 is 0 Å². The van der Waals surface area contributed by atoms with Crippen molar-refractivity contribution in [1.82, 2.24) is 4.98 Å². The number of amides is 1. The molecule has 4 rings (SSSR count). The summed E-state index contributed by atoms with van der Waals surface area (Å²) in [6, 6.07) is 14.3. The van der Waals surface area contributed by atoms with E-state index in [4.69, 9.17) is 14.2 Å². The molecule has 0 radical (unpaired) electrons. The van der Waals surface area contributed by atoms with Gasteiger partial charge in [0.25, 0.3) is 11.7 Å². The maximum absolute atomic E-state index is 13.3. The molecular formula is C26H24N2O6. The number of hydrogen-bond donors (Lipinski definition) is 1. The summed E-state index contributed by atoms with van der Waals surface area (Å²) < 4.78 is 16.2. The summed E-state index contributed by atoms with van der Waals surface area (Å²) in [6.45, 7) is 2.38. The second-order valence-corrected chi connectivity index (χ2v) is 7.45. The first kappa shape index (κ1) is 22.8. The Balaban J connectivity index is 1.92. The maximum Gasteiger partial charge on any atom is 0.300 e. The summed E-state index contributed by atoms with van der Waals surface area (Å²) in [5.74, 6) is -0.513. The minimum absolute atomic E-state index is 0.0709. The molecule has 1 aromatic heterocycles. The van der Waals surface area contributed by atoms with Crippen LogP contribution in [0.1, 0.15) is 24.1 Å². The molecule has 1 fully saturated rings. The quantitative estimate of drug-likeness (QED) is 0.322. The Hall–Kier alpha value is -4.33. The molecule has 1 aliphatic heterocycles. The van der Waals surface area contributed by atoms with E-state index in [0.717, 1.165) is 0 Å². The highest BCUT2D eigenvalue weighted by atomic mass is 16.5. The lowest BCUT2D eigenvalue weighted by Gasteiger charge is -2.25. The van der Waals surface area contributed by atoms with E-state index in [2.05, 4.69) is 4.98 Å². The second kappa shape index (κ2) is 9.66. The number of rotatable bonds is 7. The zero-order valence-corrected chi connectivity index (χ0v) is 19.0. The van der Waals surface area contributed by atoms with Crippen molar-refractivity contribution < 1.29 is 28.9 Å². The number of pyridine rings is 1. The van der Waals surface area contributed by atoms with Gasteiger partial charge in [-0.25, -0.2) is 0 Å². The number of carbonyl (C=O) groups excluding carboxylic acids is 2. The number of Topliss-reactive ketones (excluding diaryl/α,β-unsaturated/α-hetero) is 1. The molecule has 3 aromatic rings. The minimum Gasteiger partial charge on any atom is -0.507 e. The predicted octanol–water partition coefficient (Wildman–Crippen LogP) is 4.12. The van der Waals surface area contributed by atoms with Crippen LogP contribution in [-0.4, -0.2) is 42.6 Å². The van der Waals surface area contributed by atoms with Gasteiger partial charge in [-0.15, -0.1) is 0 Å². The molecular weight excluding hydrogens is 436 g/mol. The van der Waals surface area contributed by atoms with Crippen molar-refractivity contribution in [3.05, 3.63) is 83.7 Å². The van der Waals surface area contributed by atoms with Gasteiger partial charge in [-0.3, -0.25) is 19.5 Å². The lowest BCUT2D eigenvalue weighted by Crippen LogP contribution is -2.29. The van der Waals surface area contributed by atoms with E-state index in [0.29, 0.717) is 35.1 Å². The molecule has 1 aliphatic rings. The van der Waals surface area contributed by atoms with Crippen LogP contribution in [0.2, 0.25) is 0 Å². The molecule has 1 amide bonds. The third kappa shape index (κ3) is 4.05. The highest BCUT2D eigenvalue weighted by Crippen LogP contribution is 2.43. The molecule has 174 valence electrons. The van der Waals surface area contributed by atoms with Gasteiger partial charge in [-0.2, -0.15) is 0 Å². The van der Waals surface area contributed by atoms with Crippen LogP contribution in [0.15, 0.2) is 72.6 Å². The Morgan fingerprint density at radius 2 is 1.76 bits per heavy atom. The minimum atomic E-state index is -0.900. The average Bonchev–Trinajstić information content (AvgIpc) is 3.14. The molecule has 8 nitrogen and oxygen atoms in total. The van der Waals surface area contributed by atoms with E-state index in [9.17, 15) is 14.7 Å². The fraction of sp³-hybridized carbons (Fsp3) is 0.192. The molecule has 1 saturated heterocycles. The molecule has 0 bridgehead atoms. The van der Waals surface area contributed by atoms with E-state index < -0.39 is 17.7 Å². The summed E-state index contributed by atoms with van der Waals surface area (Å²) in [5.41, 5.74) is 1.22. The SMILES string of the molecule is CCOc1ccc(N2C(=O)C(=O)/C(=C(/O)c3cc(OC)ccc3OC)C2c2cccnc2)cc1. The van der Waals surface area contributed by atoms with Crippen molar-refractivity contribution in [1.29, 1.82) is 0 Å². The number of ketones is 1. The zero-order valence-electron chi connectivity index (χ0n) is 19.0. The molecule has 0 saturated carbocycles. The topological polar surface area (TPSA) is 98.2 Å². The molecule has 1 N–H and O–H groups in total. The van der Waals surface area contributed by atoms with Crippen LogP contribution in [-0.2, 0) is 9.59 Å². The number of anilines is 1. The van der Waals surface area contributed by atoms with Gasteiger partial charge in [0.15, 0.2) is 0 Å². The number of ether oxygens (including phenoxy) is 3. The van der Waals surface area contributed by atoms with Crippen LogP contribution in [0, 0.1) is 0 Å².